The van der Waals surface area contributed by atoms with Gasteiger partial charge in [0.25, 0.3) is 0 Å². The molecule has 0 amide bonds. The first-order valence-corrected chi connectivity index (χ1v) is 5.83. The number of phenolic OH excluding ortho intramolecular Hbond substituents is 1. The Labute approximate surface area is 106 Å². The van der Waals surface area contributed by atoms with E-state index in [2.05, 4.69) is 4.99 Å². The zero-order valence-corrected chi connectivity index (χ0v) is 10.4. The van der Waals surface area contributed by atoms with E-state index in [0.29, 0.717) is 5.57 Å². The monoisotopic (exact) mass is 241 g/mol. The number of ketones is 1. The fourth-order valence-corrected chi connectivity index (χ4v) is 1.78. The van der Waals surface area contributed by atoms with Crippen molar-refractivity contribution in [3.63, 3.8) is 0 Å². The number of nitrogens with zero attached hydrogens (tertiary/aromatic N) is 1. The molecule has 18 heavy (non-hydrogen) atoms. The third kappa shape index (κ3) is 2.56. The molecule has 1 atom stereocenters. The van der Waals surface area contributed by atoms with Gasteiger partial charge in [0.2, 0.25) is 0 Å². The van der Waals surface area contributed by atoms with Crippen LogP contribution in [0.25, 0.3) is 6.08 Å². The minimum Gasteiger partial charge on any atom is -0.508 e. The second-order valence-corrected chi connectivity index (χ2v) is 4.38. The molecule has 0 bridgehead atoms. The summed E-state index contributed by atoms with van der Waals surface area (Å²) in [6.45, 7) is 3.64. The molecule has 3 heteroatoms. The maximum absolute atomic E-state index is 11.8. The smallest absolute Gasteiger partial charge is 0.168 e. The number of phenols is 1. The Hall–Kier alpha value is -2.16. The van der Waals surface area contributed by atoms with Crippen LogP contribution < -0.4 is 0 Å². The first kappa shape index (κ1) is 12.3. The molecule has 0 fully saturated rings. The lowest BCUT2D eigenvalue weighted by Gasteiger charge is -2.14. The maximum atomic E-state index is 11.8. The fraction of sp³-hybridized carbons (Fsp3) is 0.200. The van der Waals surface area contributed by atoms with Gasteiger partial charge in [0.1, 0.15) is 5.75 Å². The summed E-state index contributed by atoms with van der Waals surface area (Å²) >= 11 is 0. The van der Waals surface area contributed by atoms with Crippen molar-refractivity contribution in [2.45, 2.75) is 13.8 Å². The number of benzene rings is 1. The van der Waals surface area contributed by atoms with Crippen LogP contribution in [0.15, 0.2) is 47.1 Å². The minimum absolute atomic E-state index is 0.121. The Bertz CT molecular complexity index is 550. The van der Waals surface area contributed by atoms with Crippen molar-refractivity contribution >= 4 is 17.6 Å². The Kier molecular flexibility index (Phi) is 3.42. The van der Waals surface area contributed by atoms with E-state index >= 15 is 0 Å². The van der Waals surface area contributed by atoms with Gasteiger partial charge in [-0.1, -0.05) is 18.2 Å². The molecule has 92 valence electrons. The highest BCUT2D eigenvalue weighted by Crippen LogP contribution is 2.17. The summed E-state index contributed by atoms with van der Waals surface area (Å²) in [4.78, 5) is 16.0. The van der Waals surface area contributed by atoms with Crippen molar-refractivity contribution in [3.8, 4) is 5.75 Å². The molecule has 0 saturated heterocycles. The number of hydrogen-bond acceptors (Lipinski definition) is 3. The van der Waals surface area contributed by atoms with Crippen LogP contribution in [0.1, 0.15) is 19.4 Å². The van der Waals surface area contributed by atoms with Gasteiger partial charge in [0.15, 0.2) is 5.78 Å². The summed E-state index contributed by atoms with van der Waals surface area (Å²) in [6, 6.07) is 6.87. The second kappa shape index (κ2) is 5.00. The van der Waals surface area contributed by atoms with E-state index < -0.39 is 0 Å². The summed E-state index contributed by atoms with van der Waals surface area (Å²) in [5.41, 5.74) is 2.42. The zero-order valence-electron chi connectivity index (χ0n) is 10.4. The van der Waals surface area contributed by atoms with E-state index in [4.69, 9.17) is 0 Å². The van der Waals surface area contributed by atoms with E-state index in [1.54, 1.807) is 25.3 Å². The molecule has 1 heterocycles. The molecule has 0 spiro atoms. The van der Waals surface area contributed by atoms with Gasteiger partial charge in [-0.15, -0.1) is 0 Å². The number of aliphatic imine (C=N–C) groups is 1. The Morgan fingerprint density at radius 1 is 1.22 bits per heavy atom. The molecule has 0 saturated carbocycles. The van der Waals surface area contributed by atoms with Gasteiger partial charge in [-0.05, 0) is 37.6 Å². The summed E-state index contributed by atoms with van der Waals surface area (Å²) in [5, 5.41) is 9.18. The number of aromatic hydroxyl groups is 1. The predicted molar refractivity (Wildman–Crippen MR) is 72.5 cm³/mol. The van der Waals surface area contributed by atoms with Gasteiger partial charge in [0, 0.05) is 11.8 Å². The second-order valence-electron chi connectivity index (χ2n) is 4.38. The minimum atomic E-state index is -0.191. The van der Waals surface area contributed by atoms with E-state index in [1.807, 2.05) is 31.2 Å². The quantitative estimate of drug-likeness (QED) is 0.865. The Morgan fingerprint density at radius 2 is 1.89 bits per heavy atom. The van der Waals surface area contributed by atoms with Gasteiger partial charge in [-0.3, -0.25) is 9.79 Å². The molecule has 1 aliphatic rings. The Morgan fingerprint density at radius 3 is 2.56 bits per heavy atom. The standard InChI is InChI=1S/C15H15NO2/c1-10-9-16-14(11(2)15(10)18)8-5-12-3-6-13(17)7-4-12/h3-9,11,17H,1-2H3/b8-5+. The van der Waals surface area contributed by atoms with Gasteiger partial charge < -0.3 is 5.11 Å². The summed E-state index contributed by atoms with van der Waals surface area (Å²) in [6.07, 6.45) is 5.34. The molecule has 1 aromatic carbocycles. The fourth-order valence-electron chi connectivity index (χ4n) is 1.78. The summed E-state index contributed by atoms with van der Waals surface area (Å²) in [5.74, 6) is 0.169. The largest absolute Gasteiger partial charge is 0.508 e. The molecule has 1 N–H and O–H groups in total. The molecule has 0 radical (unpaired) electrons. The van der Waals surface area contributed by atoms with Gasteiger partial charge in [0.05, 0.1) is 11.6 Å². The normalized spacial score (nSPS) is 19.9. The topological polar surface area (TPSA) is 49.7 Å². The first-order valence-electron chi connectivity index (χ1n) is 5.83. The number of carbonyl (C=O) groups is 1. The van der Waals surface area contributed by atoms with Gasteiger partial charge in [-0.2, -0.15) is 0 Å². The van der Waals surface area contributed by atoms with Crippen LogP contribution in [-0.2, 0) is 4.79 Å². The maximum Gasteiger partial charge on any atom is 0.168 e. The van der Waals surface area contributed by atoms with Crippen LogP contribution >= 0.6 is 0 Å². The van der Waals surface area contributed by atoms with Crippen LogP contribution in [-0.4, -0.2) is 16.6 Å². The summed E-state index contributed by atoms with van der Waals surface area (Å²) < 4.78 is 0. The number of Topliss-reactive ketones (excluding diaryl/α,β-unsaturated/α-hetero) is 1. The highest BCUT2D eigenvalue weighted by Gasteiger charge is 2.21. The average molecular weight is 241 g/mol. The van der Waals surface area contributed by atoms with Crippen LogP contribution in [0.3, 0.4) is 0 Å². The molecule has 1 aliphatic heterocycles. The van der Waals surface area contributed by atoms with Gasteiger partial charge >= 0.3 is 0 Å². The van der Waals surface area contributed by atoms with E-state index in [1.165, 1.54) is 0 Å². The van der Waals surface area contributed by atoms with E-state index in [9.17, 15) is 9.90 Å². The van der Waals surface area contributed by atoms with Crippen molar-refractivity contribution < 1.29 is 9.90 Å². The molecule has 2 rings (SSSR count). The van der Waals surface area contributed by atoms with Crippen LogP contribution in [0, 0.1) is 5.92 Å². The number of rotatable bonds is 2. The lowest BCUT2D eigenvalue weighted by molar-refractivity contribution is -0.117. The SMILES string of the molecule is CC1=CN=C(/C=C/c2ccc(O)cc2)C(C)C1=O. The first-order chi connectivity index (χ1) is 8.58. The van der Waals surface area contributed by atoms with Crippen molar-refractivity contribution in [2.75, 3.05) is 0 Å². The molecule has 0 aromatic heterocycles. The lowest BCUT2D eigenvalue weighted by Crippen LogP contribution is -2.23. The Balaban J connectivity index is 2.19. The highest BCUT2D eigenvalue weighted by molar-refractivity contribution is 6.18. The molecule has 1 unspecified atom stereocenters. The highest BCUT2D eigenvalue weighted by atomic mass is 16.3. The van der Waals surface area contributed by atoms with Crippen LogP contribution in [0.2, 0.25) is 0 Å². The van der Waals surface area contributed by atoms with Gasteiger partial charge in [-0.25, -0.2) is 0 Å². The third-order valence-electron chi connectivity index (χ3n) is 2.97. The number of hydrogen-bond donors (Lipinski definition) is 1. The predicted octanol–water partition coefficient (Wildman–Crippen LogP) is 2.97. The van der Waals surface area contributed by atoms with Crippen molar-refractivity contribution in [1.82, 2.24) is 0 Å². The van der Waals surface area contributed by atoms with Crippen LogP contribution in [0.5, 0.6) is 5.75 Å². The molecular formula is C15H15NO2. The van der Waals surface area contributed by atoms with E-state index in [0.717, 1.165) is 11.3 Å². The summed E-state index contributed by atoms with van der Waals surface area (Å²) in [7, 11) is 0. The van der Waals surface area contributed by atoms with Crippen molar-refractivity contribution in [2.24, 2.45) is 10.9 Å². The van der Waals surface area contributed by atoms with Crippen LogP contribution in [0.4, 0.5) is 0 Å². The zero-order chi connectivity index (χ0) is 13.1. The third-order valence-corrected chi connectivity index (χ3v) is 2.97. The van der Waals surface area contributed by atoms with Crippen molar-refractivity contribution in [1.29, 1.82) is 0 Å². The number of carbonyl (C=O) groups excluding carboxylic acids is 1. The lowest BCUT2D eigenvalue weighted by atomic mass is 9.93. The average Bonchev–Trinajstić information content (AvgIpc) is 2.37. The molecular weight excluding hydrogens is 226 g/mol. The van der Waals surface area contributed by atoms with E-state index in [-0.39, 0.29) is 17.5 Å². The number of allylic oxidation sites excluding steroid dienone is 2. The van der Waals surface area contributed by atoms with Crippen molar-refractivity contribution in [3.05, 3.63) is 47.7 Å². The molecule has 1 aromatic rings. The molecule has 3 nitrogen and oxygen atoms in total. The molecule has 0 aliphatic carbocycles.